The highest BCUT2D eigenvalue weighted by molar-refractivity contribution is 5.94. The summed E-state index contributed by atoms with van der Waals surface area (Å²) in [6.07, 6.45) is 0. The number of hydrogen-bond donors (Lipinski definition) is 2. The number of methoxy groups -OCH3 is 1. The Hall–Kier alpha value is -2.53. The van der Waals surface area contributed by atoms with E-state index in [0.717, 1.165) is 6.54 Å². The molecule has 0 atom stereocenters. The fourth-order valence-corrected chi connectivity index (χ4v) is 2.44. The van der Waals surface area contributed by atoms with Crippen molar-refractivity contribution < 1.29 is 9.53 Å². The molecule has 128 valence electrons. The Balaban J connectivity index is 2.04. The van der Waals surface area contributed by atoms with Crippen LogP contribution < -0.4 is 15.8 Å². The van der Waals surface area contributed by atoms with Crippen molar-refractivity contribution in [3.63, 3.8) is 0 Å². The maximum atomic E-state index is 12.4. The fraction of sp³-hybridized carbons (Fsp3) is 0.316. The number of anilines is 2. The second-order valence-corrected chi connectivity index (χ2v) is 5.99. The Labute approximate surface area is 143 Å². The van der Waals surface area contributed by atoms with Crippen LogP contribution in [0.4, 0.5) is 11.4 Å². The molecule has 5 heteroatoms. The first-order chi connectivity index (χ1) is 11.5. The van der Waals surface area contributed by atoms with Gasteiger partial charge in [0.2, 0.25) is 5.91 Å². The van der Waals surface area contributed by atoms with E-state index in [1.165, 1.54) is 5.56 Å². The zero-order valence-corrected chi connectivity index (χ0v) is 14.5. The molecule has 2 rings (SSSR count). The third-order valence-electron chi connectivity index (χ3n) is 3.80. The number of ether oxygens (including phenoxy) is 1. The van der Waals surface area contributed by atoms with Gasteiger partial charge in [-0.2, -0.15) is 0 Å². The largest absolute Gasteiger partial charge is 0.495 e. The van der Waals surface area contributed by atoms with Crippen LogP contribution in [0.3, 0.4) is 0 Å². The van der Waals surface area contributed by atoms with Crippen LogP contribution in [-0.4, -0.2) is 30.5 Å². The molecule has 0 unspecified atom stereocenters. The van der Waals surface area contributed by atoms with Crippen LogP contribution in [0.15, 0.2) is 48.5 Å². The summed E-state index contributed by atoms with van der Waals surface area (Å²) in [4.78, 5) is 14.6. The first-order valence-corrected chi connectivity index (χ1v) is 8.01. The Morgan fingerprint density at radius 2 is 1.92 bits per heavy atom. The maximum Gasteiger partial charge on any atom is 0.238 e. The molecule has 2 aromatic rings. The molecule has 2 aromatic carbocycles. The summed E-state index contributed by atoms with van der Waals surface area (Å²) in [5.74, 6) is 0.500. The highest BCUT2D eigenvalue weighted by atomic mass is 16.5. The lowest BCUT2D eigenvalue weighted by molar-refractivity contribution is -0.117. The highest BCUT2D eigenvalue weighted by Gasteiger charge is 2.16. The number of hydrogen-bond acceptors (Lipinski definition) is 4. The zero-order chi connectivity index (χ0) is 17.5. The van der Waals surface area contributed by atoms with E-state index in [0.29, 0.717) is 23.7 Å². The molecule has 0 aromatic heterocycles. The van der Waals surface area contributed by atoms with E-state index >= 15 is 0 Å². The van der Waals surface area contributed by atoms with Crippen LogP contribution >= 0.6 is 0 Å². The summed E-state index contributed by atoms with van der Waals surface area (Å²) in [6.45, 7) is 5.18. The molecule has 1 amide bonds. The van der Waals surface area contributed by atoms with Gasteiger partial charge in [-0.25, -0.2) is 0 Å². The predicted octanol–water partition coefficient (Wildman–Crippen LogP) is 3.13. The topological polar surface area (TPSA) is 67.6 Å². The molecule has 0 spiro atoms. The molecule has 0 saturated carbocycles. The number of amides is 1. The second-order valence-electron chi connectivity index (χ2n) is 5.99. The van der Waals surface area contributed by atoms with Crippen molar-refractivity contribution in [2.45, 2.75) is 26.4 Å². The van der Waals surface area contributed by atoms with Crippen LogP contribution in [0, 0.1) is 0 Å². The summed E-state index contributed by atoms with van der Waals surface area (Å²) in [5, 5.41) is 2.89. The van der Waals surface area contributed by atoms with Gasteiger partial charge < -0.3 is 15.8 Å². The standard InChI is InChI=1S/C19H25N3O2/c1-14(2)22(12-15-7-5-4-6-8-15)13-19(23)21-17-11-16(20)9-10-18(17)24-3/h4-11,14H,12-13,20H2,1-3H3,(H,21,23). The first kappa shape index (κ1) is 17.8. The van der Waals surface area contributed by atoms with Crippen molar-refractivity contribution in [3.05, 3.63) is 54.1 Å². The summed E-state index contributed by atoms with van der Waals surface area (Å²) in [6, 6.07) is 15.6. The van der Waals surface area contributed by atoms with E-state index in [1.807, 2.05) is 18.2 Å². The Bertz CT molecular complexity index is 672. The number of nitrogens with two attached hydrogens (primary N) is 1. The van der Waals surface area contributed by atoms with Gasteiger partial charge in [0.1, 0.15) is 5.75 Å². The quantitative estimate of drug-likeness (QED) is 0.767. The average Bonchev–Trinajstić information content (AvgIpc) is 2.55. The van der Waals surface area contributed by atoms with E-state index in [4.69, 9.17) is 10.5 Å². The predicted molar refractivity (Wildman–Crippen MR) is 98.0 cm³/mol. The van der Waals surface area contributed by atoms with Crippen molar-refractivity contribution in [2.24, 2.45) is 0 Å². The van der Waals surface area contributed by atoms with Crippen LogP contribution in [0.2, 0.25) is 0 Å². The van der Waals surface area contributed by atoms with Crippen molar-refractivity contribution in [1.29, 1.82) is 0 Å². The number of nitrogens with zero attached hydrogens (tertiary/aromatic N) is 1. The molecular weight excluding hydrogens is 302 g/mol. The number of rotatable bonds is 7. The van der Waals surface area contributed by atoms with E-state index in [2.05, 4.69) is 36.2 Å². The van der Waals surface area contributed by atoms with Gasteiger partial charge in [-0.3, -0.25) is 9.69 Å². The van der Waals surface area contributed by atoms with Crippen LogP contribution in [0.1, 0.15) is 19.4 Å². The summed E-state index contributed by atoms with van der Waals surface area (Å²) >= 11 is 0. The fourth-order valence-electron chi connectivity index (χ4n) is 2.44. The van der Waals surface area contributed by atoms with Crippen molar-refractivity contribution in [3.8, 4) is 5.75 Å². The normalized spacial score (nSPS) is 10.9. The van der Waals surface area contributed by atoms with Gasteiger partial charge in [-0.1, -0.05) is 30.3 Å². The summed E-state index contributed by atoms with van der Waals surface area (Å²) < 4.78 is 5.27. The van der Waals surface area contributed by atoms with Gasteiger partial charge >= 0.3 is 0 Å². The average molecular weight is 327 g/mol. The van der Waals surface area contributed by atoms with E-state index in [9.17, 15) is 4.79 Å². The molecule has 0 aliphatic rings. The van der Waals surface area contributed by atoms with Gasteiger partial charge in [-0.15, -0.1) is 0 Å². The Kier molecular flexibility index (Phi) is 6.21. The smallest absolute Gasteiger partial charge is 0.238 e. The lowest BCUT2D eigenvalue weighted by atomic mass is 10.2. The van der Waals surface area contributed by atoms with Gasteiger partial charge in [0, 0.05) is 18.3 Å². The minimum atomic E-state index is -0.0940. The number of carbonyl (C=O) groups excluding carboxylic acids is 1. The molecule has 0 bridgehead atoms. The second kappa shape index (κ2) is 8.36. The minimum Gasteiger partial charge on any atom is -0.495 e. The molecule has 0 aliphatic carbocycles. The van der Waals surface area contributed by atoms with Gasteiger partial charge in [-0.05, 0) is 37.6 Å². The molecule has 5 nitrogen and oxygen atoms in total. The van der Waals surface area contributed by atoms with Crippen molar-refractivity contribution >= 4 is 17.3 Å². The first-order valence-electron chi connectivity index (χ1n) is 8.01. The monoisotopic (exact) mass is 327 g/mol. The zero-order valence-electron chi connectivity index (χ0n) is 14.5. The van der Waals surface area contributed by atoms with Gasteiger partial charge in [0.05, 0.1) is 19.3 Å². The van der Waals surface area contributed by atoms with Gasteiger partial charge in [0.15, 0.2) is 0 Å². The molecule has 0 radical (unpaired) electrons. The van der Waals surface area contributed by atoms with E-state index < -0.39 is 0 Å². The number of carbonyl (C=O) groups is 1. The molecule has 0 heterocycles. The SMILES string of the molecule is COc1ccc(N)cc1NC(=O)CN(Cc1ccccc1)C(C)C. The lowest BCUT2D eigenvalue weighted by Crippen LogP contribution is -2.37. The molecule has 0 fully saturated rings. The lowest BCUT2D eigenvalue weighted by Gasteiger charge is -2.26. The highest BCUT2D eigenvalue weighted by Crippen LogP contribution is 2.26. The number of nitrogens with one attached hydrogen (secondary N) is 1. The third kappa shape index (κ3) is 4.99. The van der Waals surface area contributed by atoms with Crippen molar-refractivity contribution in [2.75, 3.05) is 24.7 Å². The van der Waals surface area contributed by atoms with E-state index in [-0.39, 0.29) is 11.9 Å². The minimum absolute atomic E-state index is 0.0940. The molecule has 0 saturated heterocycles. The molecular formula is C19H25N3O2. The van der Waals surface area contributed by atoms with Crippen LogP contribution in [0.5, 0.6) is 5.75 Å². The molecule has 24 heavy (non-hydrogen) atoms. The third-order valence-corrected chi connectivity index (χ3v) is 3.80. The Morgan fingerprint density at radius 3 is 2.54 bits per heavy atom. The summed E-state index contributed by atoms with van der Waals surface area (Å²) in [7, 11) is 1.57. The molecule has 3 N–H and O–H groups in total. The van der Waals surface area contributed by atoms with Crippen LogP contribution in [-0.2, 0) is 11.3 Å². The van der Waals surface area contributed by atoms with E-state index in [1.54, 1.807) is 25.3 Å². The summed E-state index contributed by atoms with van der Waals surface area (Å²) in [5.41, 5.74) is 8.14. The number of benzene rings is 2. The van der Waals surface area contributed by atoms with Crippen molar-refractivity contribution in [1.82, 2.24) is 4.90 Å². The maximum absolute atomic E-state index is 12.4. The van der Waals surface area contributed by atoms with Gasteiger partial charge in [0.25, 0.3) is 0 Å². The number of nitrogen functional groups attached to an aromatic ring is 1. The Morgan fingerprint density at radius 1 is 1.21 bits per heavy atom. The van der Waals surface area contributed by atoms with Crippen LogP contribution in [0.25, 0.3) is 0 Å². The molecule has 0 aliphatic heterocycles.